The van der Waals surface area contributed by atoms with Crippen LogP contribution in [0.25, 0.3) is 0 Å². The Balaban J connectivity index is 1.82. The molecule has 0 spiro atoms. The average Bonchev–Trinajstić information content (AvgIpc) is 2.62. The van der Waals surface area contributed by atoms with E-state index in [9.17, 15) is 21.6 Å². The number of hydrogen-bond donors (Lipinski definition) is 1. The van der Waals surface area contributed by atoms with Gasteiger partial charge in [-0.3, -0.25) is 4.99 Å². The number of alkyl halides is 3. The van der Waals surface area contributed by atoms with Crippen molar-refractivity contribution in [3.8, 4) is 0 Å². The Bertz CT molecular complexity index is 590. The lowest BCUT2D eigenvalue weighted by atomic mass is 9.98. The summed E-state index contributed by atoms with van der Waals surface area (Å²) >= 11 is 1.97. The lowest BCUT2D eigenvalue weighted by Crippen LogP contribution is -2.50. The molecule has 2 heterocycles. The topological polar surface area (TPSA) is 65.0 Å². The van der Waals surface area contributed by atoms with E-state index < -0.39 is 15.5 Å². The maximum atomic E-state index is 12.6. The molecule has 0 amide bonds. The first-order chi connectivity index (χ1) is 12.2. The molecule has 6 nitrogen and oxygen atoms in total. The quantitative estimate of drug-likeness (QED) is 0.561. The van der Waals surface area contributed by atoms with Crippen LogP contribution in [0.3, 0.4) is 0 Å². The van der Waals surface area contributed by atoms with E-state index in [0.717, 1.165) is 31.2 Å². The second-order valence-electron chi connectivity index (χ2n) is 6.57. The summed E-state index contributed by atoms with van der Waals surface area (Å²) in [5.41, 5.74) is -5.22. The third-order valence-corrected chi connectivity index (χ3v) is 7.86. The maximum absolute atomic E-state index is 12.6. The fraction of sp³-hybridized carbons (Fsp3) is 0.933. The fourth-order valence-electron chi connectivity index (χ4n) is 3.23. The van der Waals surface area contributed by atoms with E-state index in [4.69, 9.17) is 0 Å². The zero-order chi connectivity index (χ0) is 19.4. The van der Waals surface area contributed by atoms with Crippen LogP contribution in [0, 0.1) is 5.92 Å². The number of rotatable bonds is 4. The van der Waals surface area contributed by atoms with Crippen molar-refractivity contribution in [2.75, 3.05) is 45.5 Å². The van der Waals surface area contributed by atoms with E-state index in [-0.39, 0.29) is 19.0 Å². The van der Waals surface area contributed by atoms with Gasteiger partial charge < -0.3 is 10.2 Å². The molecule has 152 valence electrons. The van der Waals surface area contributed by atoms with Gasteiger partial charge in [0.05, 0.1) is 0 Å². The first-order valence-electron chi connectivity index (χ1n) is 8.82. The molecule has 0 aromatic heterocycles. The molecule has 2 aliphatic rings. The second kappa shape index (κ2) is 9.01. The van der Waals surface area contributed by atoms with Crippen LogP contribution in [0.2, 0.25) is 0 Å². The zero-order valence-electron chi connectivity index (χ0n) is 15.1. The Labute approximate surface area is 157 Å². The van der Waals surface area contributed by atoms with Gasteiger partial charge in [0, 0.05) is 50.8 Å². The molecule has 2 fully saturated rings. The standard InChI is InChI=1S/C15H27F3N4O2S2/c1-3-13-11-21(8-9-25-13)14(19-2)20-10-12-4-6-22(7-5-12)26(23,24)15(16,17)18/h12-13H,3-11H2,1-2H3,(H,19,20). The van der Waals surface area contributed by atoms with Gasteiger partial charge >= 0.3 is 15.5 Å². The molecule has 26 heavy (non-hydrogen) atoms. The van der Waals surface area contributed by atoms with Crippen LogP contribution in [0.15, 0.2) is 4.99 Å². The predicted octanol–water partition coefficient (Wildman–Crippen LogP) is 1.95. The van der Waals surface area contributed by atoms with Crippen LogP contribution in [-0.2, 0) is 10.0 Å². The molecule has 2 aliphatic heterocycles. The lowest BCUT2D eigenvalue weighted by molar-refractivity contribution is -0.0496. The Morgan fingerprint density at radius 2 is 1.92 bits per heavy atom. The highest BCUT2D eigenvalue weighted by Crippen LogP contribution is 2.30. The van der Waals surface area contributed by atoms with Crippen molar-refractivity contribution in [3.63, 3.8) is 0 Å². The number of nitrogens with one attached hydrogen (secondary N) is 1. The first kappa shape index (κ1) is 21.6. The van der Waals surface area contributed by atoms with Gasteiger partial charge in [-0.1, -0.05) is 6.92 Å². The largest absolute Gasteiger partial charge is 0.511 e. The highest BCUT2D eigenvalue weighted by atomic mass is 32.2. The molecular weight excluding hydrogens is 389 g/mol. The number of nitrogens with zero attached hydrogens (tertiary/aromatic N) is 3. The number of halogens is 3. The van der Waals surface area contributed by atoms with Crippen molar-refractivity contribution >= 4 is 27.7 Å². The van der Waals surface area contributed by atoms with E-state index in [0.29, 0.717) is 28.9 Å². The summed E-state index contributed by atoms with van der Waals surface area (Å²) < 4.78 is 61.3. The highest BCUT2D eigenvalue weighted by molar-refractivity contribution is 8.00. The number of thioether (sulfide) groups is 1. The summed E-state index contributed by atoms with van der Waals surface area (Å²) in [7, 11) is -3.48. The van der Waals surface area contributed by atoms with Crippen molar-refractivity contribution in [3.05, 3.63) is 0 Å². The molecule has 0 bridgehead atoms. The molecular formula is C15H27F3N4O2S2. The normalized spacial score (nSPS) is 24.7. The lowest BCUT2D eigenvalue weighted by Gasteiger charge is -2.36. The summed E-state index contributed by atoms with van der Waals surface area (Å²) in [5.74, 6) is 1.99. The van der Waals surface area contributed by atoms with Gasteiger partial charge in [-0.15, -0.1) is 0 Å². The van der Waals surface area contributed by atoms with Crippen LogP contribution in [-0.4, -0.2) is 79.9 Å². The molecule has 1 atom stereocenters. The van der Waals surface area contributed by atoms with Crippen LogP contribution in [0.5, 0.6) is 0 Å². The summed E-state index contributed by atoms with van der Waals surface area (Å²) in [6.07, 6.45) is 1.92. The van der Waals surface area contributed by atoms with Gasteiger partial charge in [0.1, 0.15) is 0 Å². The molecule has 11 heteroatoms. The molecule has 0 aliphatic carbocycles. The minimum Gasteiger partial charge on any atom is -0.356 e. The summed E-state index contributed by atoms with van der Waals surface area (Å²) in [5, 5.41) is 3.90. The fourth-order valence-corrected chi connectivity index (χ4v) is 5.39. The average molecular weight is 417 g/mol. The second-order valence-corrected chi connectivity index (χ2v) is 9.91. The van der Waals surface area contributed by atoms with E-state index >= 15 is 0 Å². The highest BCUT2D eigenvalue weighted by Gasteiger charge is 2.50. The molecule has 2 saturated heterocycles. The molecule has 0 saturated carbocycles. The molecule has 0 radical (unpaired) electrons. The Morgan fingerprint density at radius 1 is 1.27 bits per heavy atom. The number of guanidine groups is 1. The van der Waals surface area contributed by atoms with Crippen LogP contribution in [0.1, 0.15) is 26.2 Å². The third kappa shape index (κ3) is 5.19. The van der Waals surface area contributed by atoms with Crippen molar-refractivity contribution in [1.82, 2.24) is 14.5 Å². The third-order valence-electron chi connectivity index (χ3n) is 4.86. The molecule has 0 aromatic carbocycles. The smallest absolute Gasteiger partial charge is 0.356 e. The monoisotopic (exact) mass is 416 g/mol. The molecule has 1 N–H and O–H groups in total. The Kier molecular flexibility index (Phi) is 7.49. The number of piperidine rings is 1. The van der Waals surface area contributed by atoms with Gasteiger partial charge in [-0.2, -0.15) is 29.2 Å². The van der Waals surface area contributed by atoms with Gasteiger partial charge in [0.25, 0.3) is 0 Å². The van der Waals surface area contributed by atoms with Crippen molar-refractivity contribution in [2.45, 2.75) is 36.9 Å². The number of sulfonamides is 1. The zero-order valence-corrected chi connectivity index (χ0v) is 16.8. The van der Waals surface area contributed by atoms with Crippen molar-refractivity contribution in [2.24, 2.45) is 10.9 Å². The van der Waals surface area contributed by atoms with E-state index in [1.54, 1.807) is 7.05 Å². The Morgan fingerprint density at radius 3 is 2.46 bits per heavy atom. The predicted molar refractivity (Wildman–Crippen MR) is 98.7 cm³/mol. The summed E-state index contributed by atoms with van der Waals surface area (Å²) in [6.45, 7) is 4.43. The van der Waals surface area contributed by atoms with Gasteiger partial charge in [-0.05, 0) is 25.2 Å². The van der Waals surface area contributed by atoms with Crippen LogP contribution < -0.4 is 5.32 Å². The molecule has 1 unspecified atom stereocenters. The molecule has 2 rings (SSSR count). The van der Waals surface area contributed by atoms with Gasteiger partial charge in [0.15, 0.2) is 5.96 Å². The minimum atomic E-state index is -5.22. The summed E-state index contributed by atoms with van der Waals surface area (Å²) in [6, 6.07) is 0. The van der Waals surface area contributed by atoms with Crippen LogP contribution >= 0.6 is 11.8 Å². The maximum Gasteiger partial charge on any atom is 0.511 e. The van der Waals surface area contributed by atoms with Crippen molar-refractivity contribution < 1.29 is 21.6 Å². The van der Waals surface area contributed by atoms with E-state index in [2.05, 4.69) is 22.1 Å². The van der Waals surface area contributed by atoms with E-state index in [1.165, 1.54) is 0 Å². The number of hydrogen-bond acceptors (Lipinski definition) is 4. The molecule has 0 aromatic rings. The summed E-state index contributed by atoms with van der Waals surface area (Å²) in [4.78, 5) is 6.53. The Hall–Kier alpha value is -0.680. The van der Waals surface area contributed by atoms with Crippen LogP contribution in [0.4, 0.5) is 13.2 Å². The first-order valence-corrected chi connectivity index (χ1v) is 11.3. The van der Waals surface area contributed by atoms with E-state index in [1.807, 2.05) is 11.8 Å². The van der Waals surface area contributed by atoms with Gasteiger partial charge in [0.2, 0.25) is 0 Å². The number of aliphatic imine (C=N–C) groups is 1. The van der Waals surface area contributed by atoms with Gasteiger partial charge in [-0.25, -0.2) is 8.42 Å². The van der Waals surface area contributed by atoms with Crippen molar-refractivity contribution in [1.29, 1.82) is 0 Å². The minimum absolute atomic E-state index is 0.0922. The SMILES string of the molecule is CCC1CN(C(=NC)NCC2CCN(S(=O)(=O)C(F)(F)F)CC2)CCS1.